The van der Waals surface area contributed by atoms with Crippen molar-refractivity contribution in [2.24, 2.45) is 0 Å². The summed E-state index contributed by atoms with van der Waals surface area (Å²) in [6, 6.07) is 1.21. The molecule has 86 valence electrons. The van der Waals surface area contributed by atoms with Gasteiger partial charge in [-0.2, -0.15) is 0 Å². The van der Waals surface area contributed by atoms with Crippen LogP contribution in [0.25, 0.3) is 0 Å². The van der Waals surface area contributed by atoms with Crippen LogP contribution in [0.5, 0.6) is 0 Å². The van der Waals surface area contributed by atoms with Gasteiger partial charge in [0.1, 0.15) is 0 Å². The fourth-order valence-electron chi connectivity index (χ4n) is 1.67. The van der Waals surface area contributed by atoms with Crippen LogP contribution in [-0.4, -0.2) is 25.8 Å². The van der Waals surface area contributed by atoms with Crippen molar-refractivity contribution >= 4 is 0 Å². The molecule has 0 aromatic heterocycles. The first-order valence-corrected chi connectivity index (χ1v) is 6.03. The van der Waals surface area contributed by atoms with Crippen LogP contribution in [-0.2, 0) is 4.74 Å². The molecule has 0 amide bonds. The molecule has 0 saturated heterocycles. The van der Waals surface area contributed by atoms with Gasteiger partial charge >= 0.3 is 0 Å². The first-order valence-electron chi connectivity index (χ1n) is 6.03. The second-order valence-corrected chi connectivity index (χ2v) is 3.97. The summed E-state index contributed by atoms with van der Waals surface area (Å²) in [7, 11) is 1.78. The number of methoxy groups -OCH3 is 1. The van der Waals surface area contributed by atoms with Crippen molar-refractivity contribution in [2.45, 2.75) is 65.0 Å². The Morgan fingerprint density at radius 1 is 1.07 bits per heavy atom. The fraction of sp³-hybridized carbons (Fsp3) is 1.00. The molecule has 1 N–H and O–H groups in total. The maximum atomic E-state index is 5.18. The van der Waals surface area contributed by atoms with Gasteiger partial charge in [-0.1, -0.05) is 33.6 Å². The highest BCUT2D eigenvalue weighted by Crippen LogP contribution is 2.06. The van der Waals surface area contributed by atoms with Crippen molar-refractivity contribution in [3.63, 3.8) is 0 Å². The Labute approximate surface area is 89.4 Å². The van der Waals surface area contributed by atoms with Crippen LogP contribution in [0.3, 0.4) is 0 Å². The molecule has 0 aliphatic heterocycles. The average Bonchev–Trinajstić information content (AvgIpc) is 2.22. The molecule has 2 nitrogen and oxygen atoms in total. The van der Waals surface area contributed by atoms with E-state index in [1.807, 2.05) is 0 Å². The molecule has 0 rings (SSSR count). The van der Waals surface area contributed by atoms with E-state index in [0.29, 0.717) is 12.1 Å². The maximum absolute atomic E-state index is 5.18. The van der Waals surface area contributed by atoms with Crippen LogP contribution in [0.1, 0.15) is 52.9 Å². The van der Waals surface area contributed by atoms with Crippen molar-refractivity contribution in [1.29, 1.82) is 0 Å². The Bertz CT molecular complexity index is 117. The third kappa shape index (κ3) is 6.39. The van der Waals surface area contributed by atoms with Gasteiger partial charge in [0.2, 0.25) is 0 Å². The third-order valence-electron chi connectivity index (χ3n) is 2.73. The van der Waals surface area contributed by atoms with Crippen molar-refractivity contribution in [3.05, 3.63) is 0 Å². The molecule has 0 aromatic carbocycles. The molecular formula is C12H27NO. The Morgan fingerprint density at radius 2 is 1.71 bits per heavy atom. The summed E-state index contributed by atoms with van der Waals surface area (Å²) in [6.07, 6.45) is 6.29. The summed E-state index contributed by atoms with van der Waals surface area (Å²) >= 11 is 0. The standard InChI is InChI=1S/C12H27NO/c1-5-8-9-11(6-2)13-12(7-3)10-14-4/h11-13H,5-10H2,1-4H3. The summed E-state index contributed by atoms with van der Waals surface area (Å²) in [6.45, 7) is 7.55. The molecule has 2 unspecified atom stereocenters. The van der Waals surface area contributed by atoms with Crippen molar-refractivity contribution in [2.75, 3.05) is 13.7 Å². The highest BCUT2D eigenvalue weighted by atomic mass is 16.5. The van der Waals surface area contributed by atoms with Crippen molar-refractivity contribution < 1.29 is 4.74 Å². The van der Waals surface area contributed by atoms with Gasteiger partial charge in [0.25, 0.3) is 0 Å². The predicted octanol–water partition coefficient (Wildman–Crippen LogP) is 2.97. The second-order valence-electron chi connectivity index (χ2n) is 3.97. The number of ether oxygens (including phenoxy) is 1. The zero-order chi connectivity index (χ0) is 10.8. The molecule has 0 heterocycles. The van der Waals surface area contributed by atoms with Crippen molar-refractivity contribution in [3.8, 4) is 0 Å². The zero-order valence-electron chi connectivity index (χ0n) is 10.3. The Hall–Kier alpha value is -0.0800. The molecule has 0 radical (unpaired) electrons. The molecule has 0 aromatic rings. The van der Waals surface area contributed by atoms with E-state index >= 15 is 0 Å². The van der Waals surface area contributed by atoms with Crippen LogP contribution in [0, 0.1) is 0 Å². The summed E-state index contributed by atoms with van der Waals surface area (Å²) < 4.78 is 5.18. The largest absolute Gasteiger partial charge is 0.383 e. The van der Waals surface area contributed by atoms with Gasteiger partial charge in [0.05, 0.1) is 6.61 Å². The van der Waals surface area contributed by atoms with E-state index in [9.17, 15) is 0 Å². The maximum Gasteiger partial charge on any atom is 0.0615 e. The molecule has 0 saturated carbocycles. The minimum atomic E-state index is 0.529. The lowest BCUT2D eigenvalue weighted by molar-refractivity contribution is 0.156. The highest BCUT2D eigenvalue weighted by Gasteiger charge is 2.11. The summed E-state index contributed by atoms with van der Waals surface area (Å²) in [5.74, 6) is 0. The minimum Gasteiger partial charge on any atom is -0.383 e. The summed E-state index contributed by atoms with van der Waals surface area (Å²) in [5, 5.41) is 3.66. The zero-order valence-corrected chi connectivity index (χ0v) is 10.3. The third-order valence-corrected chi connectivity index (χ3v) is 2.73. The average molecular weight is 201 g/mol. The highest BCUT2D eigenvalue weighted by molar-refractivity contribution is 4.72. The van der Waals surface area contributed by atoms with Crippen LogP contribution in [0.2, 0.25) is 0 Å². The van der Waals surface area contributed by atoms with Gasteiger partial charge in [-0.3, -0.25) is 0 Å². The number of nitrogens with one attached hydrogen (secondary N) is 1. The lowest BCUT2D eigenvalue weighted by atomic mass is 10.1. The molecule has 0 aliphatic rings. The molecule has 0 bridgehead atoms. The van der Waals surface area contributed by atoms with E-state index in [4.69, 9.17) is 4.74 Å². The van der Waals surface area contributed by atoms with E-state index in [1.54, 1.807) is 7.11 Å². The minimum absolute atomic E-state index is 0.529. The summed E-state index contributed by atoms with van der Waals surface area (Å²) in [4.78, 5) is 0. The van der Waals surface area contributed by atoms with Crippen LogP contribution < -0.4 is 5.32 Å². The number of rotatable bonds is 9. The van der Waals surface area contributed by atoms with Gasteiger partial charge < -0.3 is 10.1 Å². The Morgan fingerprint density at radius 3 is 2.14 bits per heavy atom. The normalized spacial score (nSPS) is 15.4. The lowest BCUT2D eigenvalue weighted by Crippen LogP contribution is -2.40. The van der Waals surface area contributed by atoms with Crippen molar-refractivity contribution in [1.82, 2.24) is 5.32 Å². The van der Waals surface area contributed by atoms with Gasteiger partial charge in [-0.15, -0.1) is 0 Å². The second kappa shape index (κ2) is 9.47. The van der Waals surface area contributed by atoms with Crippen LogP contribution >= 0.6 is 0 Å². The molecule has 2 heteroatoms. The van der Waals surface area contributed by atoms with Gasteiger partial charge in [0, 0.05) is 19.2 Å². The molecule has 0 aliphatic carbocycles. The van der Waals surface area contributed by atoms with E-state index < -0.39 is 0 Å². The van der Waals surface area contributed by atoms with Gasteiger partial charge in [-0.25, -0.2) is 0 Å². The quantitative estimate of drug-likeness (QED) is 0.619. The smallest absolute Gasteiger partial charge is 0.0615 e. The van der Waals surface area contributed by atoms with E-state index in [0.717, 1.165) is 13.0 Å². The van der Waals surface area contributed by atoms with Gasteiger partial charge in [-0.05, 0) is 19.3 Å². The Kier molecular flexibility index (Phi) is 9.42. The number of unbranched alkanes of at least 4 members (excludes halogenated alkanes) is 1. The number of hydrogen-bond acceptors (Lipinski definition) is 2. The topological polar surface area (TPSA) is 21.3 Å². The van der Waals surface area contributed by atoms with Gasteiger partial charge in [0.15, 0.2) is 0 Å². The summed E-state index contributed by atoms with van der Waals surface area (Å²) in [5.41, 5.74) is 0. The monoisotopic (exact) mass is 201 g/mol. The lowest BCUT2D eigenvalue weighted by Gasteiger charge is -2.23. The molecule has 0 fully saturated rings. The predicted molar refractivity (Wildman–Crippen MR) is 62.7 cm³/mol. The Balaban J connectivity index is 3.75. The SMILES string of the molecule is CCCCC(CC)NC(CC)COC. The molecule has 0 spiro atoms. The molecule has 14 heavy (non-hydrogen) atoms. The van der Waals surface area contributed by atoms with Crippen LogP contribution in [0.15, 0.2) is 0 Å². The first kappa shape index (κ1) is 13.9. The first-order chi connectivity index (χ1) is 6.78. The van der Waals surface area contributed by atoms with E-state index in [1.165, 1.54) is 25.7 Å². The fourth-order valence-corrected chi connectivity index (χ4v) is 1.67. The van der Waals surface area contributed by atoms with E-state index in [-0.39, 0.29) is 0 Å². The molecular weight excluding hydrogens is 174 g/mol. The molecule has 2 atom stereocenters. The van der Waals surface area contributed by atoms with Crippen LogP contribution in [0.4, 0.5) is 0 Å². The number of hydrogen-bond donors (Lipinski definition) is 1. The van der Waals surface area contributed by atoms with E-state index in [2.05, 4.69) is 26.1 Å².